The first kappa shape index (κ1) is 13.8. The van der Waals surface area contributed by atoms with E-state index >= 15 is 0 Å². The van der Waals surface area contributed by atoms with E-state index < -0.39 is 0 Å². The average Bonchev–Trinajstić information content (AvgIpc) is 2.76. The monoisotopic (exact) mass is 266 g/mol. The minimum atomic E-state index is -0.0373. The molecule has 1 aromatic heterocycles. The number of anilines is 1. The van der Waals surface area contributed by atoms with Crippen LogP contribution in [0.2, 0.25) is 0 Å². The summed E-state index contributed by atoms with van der Waals surface area (Å²) in [5.41, 5.74) is 5.50. The Morgan fingerprint density at radius 2 is 2.32 bits per heavy atom. The lowest BCUT2D eigenvalue weighted by Crippen LogP contribution is -2.54. The molecule has 1 unspecified atom stereocenters. The van der Waals surface area contributed by atoms with Gasteiger partial charge in [-0.05, 0) is 20.2 Å². The van der Waals surface area contributed by atoms with E-state index in [1.165, 1.54) is 0 Å². The molecule has 19 heavy (non-hydrogen) atoms. The lowest BCUT2D eigenvalue weighted by Gasteiger charge is -2.37. The van der Waals surface area contributed by atoms with E-state index in [1.807, 2.05) is 0 Å². The maximum atomic E-state index is 11.8. The molecule has 0 aliphatic carbocycles. The van der Waals surface area contributed by atoms with Crippen molar-refractivity contribution in [2.24, 2.45) is 0 Å². The van der Waals surface area contributed by atoms with Crippen LogP contribution in [0.15, 0.2) is 12.3 Å². The van der Waals surface area contributed by atoms with Crippen LogP contribution in [0.4, 0.5) is 5.82 Å². The van der Waals surface area contributed by atoms with Crippen LogP contribution in [0, 0.1) is 0 Å². The first-order valence-electron chi connectivity index (χ1n) is 6.49. The van der Waals surface area contributed by atoms with Gasteiger partial charge in [0.15, 0.2) is 0 Å². The fourth-order valence-corrected chi connectivity index (χ4v) is 2.22. The number of amides is 1. The molecule has 7 heteroatoms. The first-order chi connectivity index (χ1) is 9.04. The number of nitrogen functional groups attached to an aromatic ring is 1. The number of likely N-dealkylation sites (N-methyl/N-ethyl adjacent to an activating group) is 2. The van der Waals surface area contributed by atoms with Gasteiger partial charge in [0.2, 0.25) is 5.91 Å². The standard InChI is InChI=1S/C12H22N6O/c1-16-5-6-17(2)10(8-16)7-14-12(19)9-18-4-3-11(13)15-18/h3-4,10H,5-9H2,1-2H3,(H2,13,15)(H,14,19). The molecule has 7 nitrogen and oxygen atoms in total. The van der Waals surface area contributed by atoms with Gasteiger partial charge in [-0.3, -0.25) is 14.4 Å². The number of hydrogen-bond donors (Lipinski definition) is 2. The second-order valence-corrected chi connectivity index (χ2v) is 5.14. The summed E-state index contributed by atoms with van der Waals surface area (Å²) >= 11 is 0. The zero-order valence-corrected chi connectivity index (χ0v) is 11.5. The molecule has 0 saturated carbocycles. The predicted octanol–water partition coefficient (Wildman–Crippen LogP) is -1.17. The third-order valence-electron chi connectivity index (χ3n) is 3.48. The second kappa shape index (κ2) is 6.03. The predicted molar refractivity (Wildman–Crippen MR) is 73.6 cm³/mol. The Morgan fingerprint density at radius 3 is 3.00 bits per heavy atom. The van der Waals surface area contributed by atoms with Gasteiger partial charge in [-0.25, -0.2) is 0 Å². The fraction of sp³-hybridized carbons (Fsp3) is 0.667. The minimum Gasteiger partial charge on any atom is -0.382 e. The Labute approximate surface area is 113 Å². The Morgan fingerprint density at radius 1 is 1.53 bits per heavy atom. The van der Waals surface area contributed by atoms with E-state index in [0.717, 1.165) is 19.6 Å². The van der Waals surface area contributed by atoms with Crippen molar-refractivity contribution in [3.8, 4) is 0 Å². The van der Waals surface area contributed by atoms with E-state index in [2.05, 4.69) is 34.3 Å². The maximum absolute atomic E-state index is 11.8. The number of carbonyl (C=O) groups is 1. The van der Waals surface area contributed by atoms with Crippen molar-refractivity contribution < 1.29 is 4.79 Å². The van der Waals surface area contributed by atoms with Crippen molar-refractivity contribution in [3.63, 3.8) is 0 Å². The smallest absolute Gasteiger partial charge is 0.241 e. The molecular weight excluding hydrogens is 244 g/mol. The largest absolute Gasteiger partial charge is 0.382 e. The van der Waals surface area contributed by atoms with Crippen LogP contribution in [-0.4, -0.2) is 71.8 Å². The van der Waals surface area contributed by atoms with E-state index in [1.54, 1.807) is 16.9 Å². The van der Waals surface area contributed by atoms with Crippen molar-refractivity contribution in [1.82, 2.24) is 24.9 Å². The summed E-state index contributed by atoms with van der Waals surface area (Å²) in [5.74, 6) is 0.395. The third-order valence-corrected chi connectivity index (χ3v) is 3.48. The van der Waals surface area contributed by atoms with E-state index in [0.29, 0.717) is 18.4 Å². The number of piperazine rings is 1. The Hall–Kier alpha value is -1.60. The highest BCUT2D eigenvalue weighted by molar-refractivity contribution is 5.75. The third kappa shape index (κ3) is 3.93. The Kier molecular flexibility index (Phi) is 4.39. The van der Waals surface area contributed by atoms with Crippen molar-refractivity contribution in [2.75, 3.05) is 46.0 Å². The molecule has 2 heterocycles. The van der Waals surface area contributed by atoms with Crippen LogP contribution in [0.1, 0.15) is 0 Å². The van der Waals surface area contributed by atoms with Crippen LogP contribution in [0.5, 0.6) is 0 Å². The normalized spacial score (nSPS) is 21.5. The summed E-state index contributed by atoms with van der Waals surface area (Å²) < 4.78 is 1.54. The number of rotatable bonds is 4. The number of nitrogens with one attached hydrogen (secondary N) is 1. The van der Waals surface area contributed by atoms with Gasteiger partial charge in [0.25, 0.3) is 0 Å². The molecule has 2 rings (SSSR count). The maximum Gasteiger partial charge on any atom is 0.241 e. The number of carbonyl (C=O) groups excluding carboxylic acids is 1. The topological polar surface area (TPSA) is 79.4 Å². The summed E-state index contributed by atoms with van der Waals surface area (Å²) in [6.45, 7) is 3.96. The molecule has 0 aromatic carbocycles. The molecule has 3 N–H and O–H groups in total. The Balaban J connectivity index is 1.76. The highest BCUT2D eigenvalue weighted by Crippen LogP contribution is 2.04. The van der Waals surface area contributed by atoms with Crippen LogP contribution in [0.3, 0.4) is 0 Å². The van der Waals surface area contributed by atoms with Gasteiger partial charge in [-0.2, -0.15) is 5.10 Å². The molecule has 1 saturated heterocycles. The summed E-state index contributed by atoms with van der Waals surface area (Å²) in [7, 11) is 4.20. The molecule has 1 aliphatic heterocycles. The molecular formula is C12H22N6O. The molecule has 0 spiro atoms. The number of nitrogens with zero attached hydrogens (tertiary/aromatic N) is 4. The number of aromatic nitrogens is 2. The number of hydrogen-bond acceptors (Lipinski definition) is 5. The summed E-state index contributed by atoms with van der Waals surface area (Å²) in [6, 6.07) is 2.04. The molecule has 106 valence electrons. The average molecular weight is 266 g/mol. The lowest BCUT2D eigenvalue weighted by molar-refractivity contribution is -0.122. The molecule has 0 radical (unpaired) electrons. The van der Waals surface area contributed by atoms with Crippen molar-refractivity contribution >= 4 is 11.7 Å². The molecule has 0 bridgehead atoms. The van der Waals surface area contributed by atoms with Gasteiger partial charge >= 0.3 is 0 Å². The van der Waals surface area contributed by atoms with Gasteiger partial charge in [0.05, 0.1) is 0 Å². The quantitative estimate of drug-likeness (QED) is 0.718. The molecule has 1 atom stereocenters. The fourth-order valence-electron chi connectivity index (χ4n) is 2.22. The van der Waals surface area contributed by atoms with Gasteiger partial charge in [0.1, 0.15) is 12.4 Å². The van der Waals surface area contributed by atoms with Gasteiger partial charge < -0.3 is 16.0 Å². The molecule has 1 amide bonds. The van der Waals surface area contributed by atoms with E-state index in [-0.39, 0.29) is 12.5 Å². The lowest BCUT2D eigenvalue weighted by atomic mass is 10.2. The van der Waals surface area contributed by atoms with E-state index in [4.69, 9.17) is 5.73 Å². The van der Waals surface area contributed by atoms with Crippen LogP contribution < -0.4 is 11.1 Å². The van der Waals surface area contributed by atoms with Crippen LogP contribution in [0.25, 0.3) is 0 Å². The van der Waals surface area contributed by atoms with Crippen molar-refractivity contribution in [1.29, 1.82) is 0 Å². The second-order valence-electron chi connectivity index (χ2n) is 5.14. The SMILES string of the molecule is CN1CCN(C)C(CNC(=O)Cn2ccc(N)n2)C1. The molecule has 1 aromatic rings. The summed E-state index contributed by atoms with van der Waals surface area (Å²) in [5, 5.41) is 6.94. The molecule has 1 fully saturated rings. The summed E-state index contributed by atoms with van der Waals surface area (Å²) in [4.78, 5) is 16.4. The van der Waals surface area contributed by atoms with Gasteiger partial charge in [0, 0.05) is 38.4 Å². The highest BCUT2D eigenvalue weighted by Gasteiger charge is 2.22. The first-order valence-corrected chi connectivity index (χ1v) is 6.49. The highest BCUT2D eigenvalue weighted by atomic mass is 16.2. The minimum absolute atomic E-state index is 0.0373. The van der Waals surface area contributed by atoms with Gasteiger partial charge in [-0.1, -0.05) is 0 Å². The summed E-state index contributed by atoms with van der Waals surface area (Å²) in [6.07, 6.45) is 1.70. The van der Waals surface area contributed by atoms with Crippen molar-refractivity contribution in [3.05, 3.63) is 12.3 Å². The molecule has 1 aliphatic rings. The Bertz CT molecular complexity index is 432. The zero-order valence-electron chi connectivity index (χ0n) is 11.5. The zero-order chi connectivity index (χ0) is 13.8. The van der Waals surface area contributed by atoms with Crippen LogP contribution >= 0.6 is 0 Å². The van der Waals surface area contributed by atoms with Crippen LogP contribution in [-0.2, 0) is 11.3 Å². The van der Waals surface area contributed by atoms with E-state index in [9.17, 15) is 4.79 Å². The van der Waals surface area contributed by atoms with Crippen molar-refractivity contribution in [2.45, 2.75) is 12.6 Å². The number of nitrogens with two attached hydrogens (primary N) is 1. The van der Waals surface area contributed by atoms with Gasteiger partial charge in [-0.15, -0.1) is 0 Å².